The van der Waals surface area contributed by atoms with E-state index in [1.54, 1.807) is 24.7 Å². The molecule has 4 rings (SSSR count). The van der Waals surface area contributed by atoms with Crippen molar-refractivity contribution in [1.82, 2.24) is 20.2 Å². The van der Waals surface area contributed by atoms with E-state index in [4.69, 9.17) is 0 Å². The number of benzene rings is 1. The number of hydrogen-bond donors (Lipinski definition) is 1. The Morgan fingerprint density at radius 2 is 1.96 bits per heavy atom. The lowest BCUT2D eigenvalue weighted by Gasteiger charge is -2.41. The summed E-state index contributed by atoms with van der Waals surface area (Å²) < 4.78 is 0. The van der Waals surface area contributed by atoms with Crippen LogP contribution >= 0.6 is 0 Å². The van der Waals surface area contributed by atoms with Gasteiger partial charge in [0.05, 0.1) is 11.1 Å². The summed E-state index contributed by atoms with van der Waals surface area (Å²) in [5.74, 6) is -0.0825. The van der Waals surface area contributed by atoms with Crippen LogP contribution in [0, 0.1) is 0 Å². The van der Waals surface area contributed by atoms with Crippen molar-refractivity contribution in [1.29, 1.82) is 0 Å². The van der Waals surface area contributed by atoms with Crippen LogP contribution in [0.4, 0.5) is 0 Å². The molecule has 5 heteroatoms. The lowest BCUT2D eigenvalue weighted by molar-refractivity contribution is 0.0827. The Labute approximate surface area is 159 Å². The maximum atomic E-state index is 12.8. The minimum atomic E-state index is -0.135. The summed E-state index contributed by atoms with van der Waals surface area (Å²) >= 11 is 0. The second-order valence-corrected chi connectivity index (χ2v) is 7.69. The lowest BCUT2D eigenvalue weighted by atomic mass is 9.94. The Balaban J connectivity index is 1.47. The first kappa shape index (κ1) is 17.6. The Bertz CT molecular complexity index is 977. The van der Waals surface area contributed by atoms with Gasteiger partial charge in [0.15, 0.2) is 0 Å². The molecule has 138 valence electrons. The van der Waals surface area contributed by atoms with Crippen LogP contribution in [0.25, 0.3) is 10.9 Å². The molecule has 0 atom stereocenters. The van der Waals surface area contributed by atoms with E-state index in [-0.39, 0.29) is 11.4 Å². The molecule has 0 saturated heterocycles. The zero-order valence-corrected chi connectivity index (χ0v) is 15.8. The van der Waals surface area contributed by atoms with E-state index < -0.39 is 0 Å². The molecular formula is C22H24N4O. The molecule has 0 bridgehead atoms. The maximum Gasteiger partial charge on any atom is 0.252 e. The third-order valence-electron chi connectivity index (χ3n) is 5.46. The van der Waals surface area contributed by atoms with Gasteiger partial charge in [-0.2, -0.15) is 0 Å². The van der Waals surface area contributed by atoms with Crippen LogP contribution in [0.5, 0.6) is 0 Å². The number of carbonyl (C=O) groups excluding carboxylic acids is 1. The van der Waals surface area contributed by atoms with Gasteiger partial charge in [-0.15, -0.1) is 0 Å². The Kier molecular flexibility index (Phi) is 4.62. The smallest absolute Gasteiger partial charge is 0.252 e. The van der Waals surface area contributed by atoms with Gasteiger partial charge in [-0.3, -0.25) is 19.7 Å². The van der Waals surface area contributed by atoms with Gasteiger partial charge in [0.25, 0.3) is 5.91 Å². The van der Waals surface area contributed by atoms with Gasteiger partial charge in [-0.1, -0.05) is 24.3 Å². The third kappa shape index (κ3) is 3.55. The summed E-state index contributed by atoms with van der Waals surface area (Å²) in [6.45, 7) is 6.88. The van der Waals surface area contributed by atoms with Crippen LogP contribution in [0.15, 0.2) is 55.0 Å². The zero-order chi connectivity index (χ0) is 18.9. The van der Waals surface area contributed by atoms with Crippen molar-refractivity contribution in [2.75, 3.05) is 13.1 Å². The predicted octanol–water partition coefficient (Wildman–Crippen LogP) is 3.20. The number of pyridine rings is 2. The van der Waals surface area contributed by atoms with Crippen molar-refractivity contribution in [3.63, 3.8) is 0 Å². The fourth-order valence-electron chi connectivity index (χ4n) is 3.70. The van der Waals surface area contributed by atoms with E-state index in [1.807, 2.05) is 6.07 Å². The van der Waals surface area contributed by atoms with Crippen LogP contribution < -0.4 is 5.32 Å². The Morgan fingerprint density at radius 3 is 2.81 bits per heavy atom. The van der Waals surface area contributed by atoms with Gasteiger partial charge < -0.3 is 5.32 Å². The molecule has 1 amide bonds. The molecular weight excluding hydrogens is 336 g/mol. The van der Waals surface area contributed by atoms with Gasteiger partial charge in [-0.05, 0) is 43.5 Å². The number of amides is 1. The topological polar surface area (TPSA) is 58.1 Å². The summed E-state index contributed by atoms with van der Waals surface area (Å²) in [5, 5.41) is 3.90. The summed E-state index contributed by atoms with van der Waals surface area (Å²) in [6, 6.07) is 12.2. The summed E-state index contributed by atoms with van der Waals surface area (Å²) in [7, 11) is 0. The average Bonchev–Trinajstić information content (AvgIpc) is 2.71. The second-order valence-electron chi connectivity index (χ2n) is 7.69. The van der Waals surface area contributed by atoms with E-state index in [0.29, 0.717) is 12.1 Å². The number of nitrogens with zero attached hydrogens (tertiary/aromatic N) is 3. The third-order valence-corrected chi connectivity index (χ3v) is 5.46. The van der Waals surface area contributed by atoms with Gasteiger partial charge in [0, 0.05) is 49.1 Å². The molecule has 0 unspecified atom stereocenters. The highest BCUT2D eigenvalue weighted by atomic mass is 16.1. The largest absolute Gasteiger partial charge is 0.350 e. The highest BCUT2D eigenvalue weighted by molar-refractivity contribution is 6.05. The van der Waals surface area contributed by atoms with Crippen molar-refractivity contribution >= 4 is 16.8 Å². The first-order chi connectivity index (χ1) is 13.0. The van der Waals surface area contributed by atoms with Gasteiger partial charge >= 0.3 is 0 Å². The molecule has 0 spiro atoms. The van der Waals surface area contributed by atoms with E-state index in [9.17, 15) is 4.79 Å². The lowest BCUT2D eigenvalue weighted by Crippen LogP contribution is -2.53. The van der Waals surface area contributed by atoms with Crippen LogP contribution in [-0.2, 0) is 13.0 Å². The molecule has 0 saturated carbocycles. The fraction of sp³-hybridized carbons (Fsp3) is 0.318. The number of carbonyl (C=O) groups is 1. The van der Waals surface area contributed by atoms with Crippen LogP contribution in [-0.4, -0.2) is 39.4 Å². The van der Waals surface area contributed by atoms with Crippen molar-refractivity contribution in [2.24, 2.45) is 0 Å². The minimum Gasteiger partial charge on any atom is -0.350 e. The van der Waals surface area contributed by atoms with Crippen LogP contribution in [0.1, 0.15) is 35.3 Å². The zero-order valence-electron chi connectivity index (χ0n) is 15.8. The first-order valence-corrected chi connectivity index (χ1v) is 9.33. The summed E-state index contributed by atoms with van der Waals surface area (Å²) in [5.41, 5.74) is 4.08. The highest BCUT2D eigenvalue weighted by Gasteiger charge is 2.30. The Morgan fingerprint density at radius 1 is 1.15 bits per heavy atom. The number of fused-ring (bicyclic) bond motifs is 2. The quantitative estimate of drug-likeness (QED) is 0.776. The SMILES string of the molecule is CC(C)(CNC(=O)c1ccnc2ccncc12)N1CCc2ccccc2C1. The molecule has 0 radical (unpaired) electrons. The maximum absolute atomic E-state index is 12.8. The van der Waals surface area contributed by atoms with E-state index in [0.717, 1.165) is 30.4 Å². The number of aromatic nitrogens is 2. The highest BCUT2D eigenvalue weighted by Crippen LogP contribution is 2.25. The average molecular weight is 360 g/mol. The Hall–Kier alpha value is -2.79. The number of rotatable bonds is 4. The molecule has 1 aliphatic rings. The van der Waals surface area contributed by atoms with Gasteiger partial charge in [0.2, 0.25) is 0 Å². The number of hydrogen-bond acceptors (Lipinski definition) is 4. The van der Waals surface area contributed by atoms with Crippen LogP contribution in [0.2, 0.25) is 0 Å². The molecule has 27 heavy (non-hydrogen) atoms. The molecule has 1 aliphatic heterocycles. The predicted molar refractivity (Wildman–Crippen MR) is 107 cm³/mol. The molecule has 5 nitrogen and oxygen atoms in total. The fourth-order valence-corrected chi connectivity index (χ4v) is 3.70. The van der Waals surface area contributed by atoms with Crippen molar-refractivity contribution in [3.8, 4) is 0 Å². The van der Waals surface area contributed by atoms with Crippen molar-refractivity contribution in [3.05, 3.63) is 71.7 Å². The van der Waals surface area contributed by atoms with E-state index >= 15 is 0 Å². The normalized spacial score (nSPS) is 14.7. The molecule has 3 aromatic rings. The molecule has 0 aliphatic carbocycles. The minimum absolute atomic E-state index is 0.0825. The monoisotopic (exact) mass is 360 g/mol. The molecule has 0 fully saturated rings. The second kappa shape index (κ2) is 7.08. The molecule has 1 N–H and O–H groups in total. The molecule has 2 aromatic heterocycles. The summed E-state index contributed by atoms with van der Waals surface area (Å²) in [6.07, 6.45) is 6.11. The molecule has 3 heterocycles. The van der Waals surface area contributed by atoms with Crippen molar-refractivity contribution in [2.45, 2.75) is 32.4 Å². The van der Waals surface area contributed by atoms with Crippen LogP contribution in [0.3, 0.4) is 0 Å². The summed E-state index contributed by atoms with van der Waals surface area (Å²) in [4.78, 5) is 23.7. The van der Waals surface area contributed by atoms with E-state index in [1.165, 1.54) is 11.1 Å². The van der Waals surface area contributed by atoms with Crippen molar-refractivity contribution < 1.29 is 4.79 Å². The standard InChI is InChI=1S/C22H24N4O/c1-22(2,26-12-9-16-5-3-4-6-17(16)14-26)15-25-21(27)18-7-11-24-20-8-10-23-13-19(18)20/h3-8,10-11,13H,9,12,14-15H2,1-2H3,(H,25,27). The van der Waals surface area contributed by atoms with Gasteiger partial charge in [0.1, 0.15) is 0 Å². The van der Waals surface area contributed by atoms with Gasteiger partial charge in [-0.25, -0.2) is 0 Å². The number of nitrogens with one attached hydrogen (secondary N) is 1. The molecule has 1 aromatic carbocycles. The van der Waals surface area contributed by atoms with E-state index in [2.05, 4.69) is 58.3 Å². The first-order valence-electron chi connectivity index (χ1n) is 9.33.